The van der Waals surface area contributed by atoms with E-state index in [-0.39, 0.29) is 0 Å². The molecule has 0 atom stereocenters. The minimum absolute atomic E-state index is 0.638. The van der Waals surface area contributed by atoms with E-state index in [1.807, 2.05) is 54.1 Å². The summed E-state index contributed by atoms with van der Waals surface area (Å²) in [5.41, 5.74) is 4.36. The topological polar surface area (TPSA) is 41.6 Å². The van der Waals surface area contributed by atoms with Crippen molar-refractivity contribution in [3.05, 3.63) is 54.4 Å². The van der Waals surface area contributed by atoms with Crippen LogP contribution in [0.5, 0.6) is 0 Å². The number of aryl methyl sites for hydroxylation is 1. The van der Waals surface area contributed by atoms with Gasteiger partial charge in [-0.3, -0.25) is 0 Å². The van der Waals surface area contributed by atoms with Crippen LogP contribution in [0.3, 0.4) is 0 Å². The van der Waals surface area contributed by atoms with Crippen molar-refractivity contribution >= 4 is 11.0 Å². The summed E-state index contributed by atoms with van der Waals surface area (Å²) in [6.07, 6.45) is 1.74. The molecule has 0 N–H and O–H groups in total. The maximum Gasteiger partial charge on any atom is 0.107 e. The fraction of sp³-hybridized carbons (Fsp3) is 0.0667. The highest BCUT2D eigenvalue weighted by Gasteiger charge is 2.11. The van der Waals surface area contributed by atoms with Gasteiger partial charge in [-0.05, 0) is 11.6 Å². The lowest BCUT2D eigenvalue weighted by Crippen LogP contribution is -1.88. The number of rotatable bonds is 1. The summed E-state index contributed by atoms with van der Waals surface area (Å²) in [6.45, 7) is 0. The maximum absolute atomic E-state index is 9.39. The number of hydrogen-bond acceptors (Lipinski definition) is 2. The molecular weight excluding hydrogens is 222 g/mol. The van der Waals surface area contributed by atoms with Crippen LogP contribution in [-0.4, -0.2) is 9.55 Å². The molecule has 0 aliphatic rings. The molecule has 3 nitrogen and oxygen atoms in total. The van der Waals surface area contributed by atoms with E-state index in [4.69, 9.17) is 0 Å². The predicted molar refractivity (Wildman–Crippen MR) is 70.9 cm³/mol. The Morgan fingerprint density at radius 3 is 2.61 bits per heavy atom. The maximum atomic E-state index is 9.39. The molecule has 0 fully saturated rings. The van der Waals surface area contributed by atoms with E-state index in [2.05, 4.69) is 11.1 Å². The van der Waals surface area contributed by atoms with Gasteiger partial charge in [-0.25, -0.2) is 4.98 Å². The molecular formula is C15H11N3. The van der Waals surface area contributed by atoms with Crippen molar-refractivity contribution in [2.45, 2.75) is 0 Å². The molecule has 0 unspecified atom stereocenters. The van der Waals surface area contributed by atoms with E-state index < -0.39 is 0 Å². The lowest BCUT2D eigenvalue weighted by atomic mass is 9.99. The first-order chi connectivity index (χ1) is 8.81. The standard InChI is InChI=1S/C15H11N3/c1-18-10-17-15-13(9-16)12(7-8-14(15)18)11-5-3-2-4-6-11/h2-8,10H,1H3. The molecule has 0 amide bonds. The van der Waals surface area contributed by atoms with E-state index in [1.54, 1.807) is 6.33 Å². The van der Waals surface area contributed by atoms with Crippen LogP contribution < -0.4 is 0 Å². The smallest absolute Gasteiger partial charge is 0.107 e. The van der Waals surface area contributed by atoms with E-state index in [0.29, 0.717) is 5.56 Å². The lowest BCUT2D eigenvalue weighted by Gasteiger charge is -2.05. The zero-order valence-electron chi connectivity index (χ0n) is 9.96. The zero-order chi connectivity index (χ0) is 12.5. The molecule has 0 aliphatic heterocycles. The van der Waals surface area contributed by atoms with Crippen LogP contribution in [0, 0.1) is 11.3 Å². The molecule has 0 radical (unpaired) electrons. The van der Waals surface area contributed by atoms with Crippen molar-refractivity contribution in [1.29, 1.82) is 5.26 Å². The number of benzene rings is 2. The van der Waals surface area contributed by atoms with Crippen LogP contribution in [0.1, 0.15) is 5.56 Å². The number of nitriles is 1. The van der Waals surface area contributed by atoms with Gasteiger partial charge in [-0.1, -0.05) is 36.4 Å². The molecule has 0 saturated heterocycles. The van der Waals surface area contributed by atoms with Gasteiger partial charge in [0.25, 0.3) is 0 Å². The third-order valence-corrected chi connectivity index (χ3v) is 3.09. The summed E-state index contributed by atoms with van der Waals surface area (Å²) in [5, 5.41) is 9.39. The lowest BCUT2D eigenvalue weighted by molar-refractivity contribution is 0.948. The molecule has 2 aromatic carbocycles. The van der Waals surface area contributed by atoms with E-state index in [9.17, 15) is 5.26 Å². The Morgan fingerprint density at radius 2 is 1.89 bits per heavy atom. The van der Waals surface area contributed by atoms with Crippen molar-refractivity contribution < 1.29 is 0 Å². The molecule has 0 spiro atoms. The van der Waals surface area contributed by atoms with Crippen LogP contribution >= 0.6 is 0 Å². The first-order valence-corrected chi connectivity index (χ1v) is 5.71. The van der Waals surface area contributed by atoms with Crippen molar-refractivity contribution in [2.24, 2.45) is 7.05 Å². The van der Waals surface area contributed by atoms with Gasteiger partial charge in [0, 0.05) is 12.6 Å². The van der Waals surface area contributed by atoms with Crippen LogP contribution in [0.2, 0.25) is 0 Å². The van der Waals surface area contributed by atoms with E-state index >= 15 is 0 Å². The van der Waals surface area contributed by atoms with E-state index in [0.717, 1.165) is 22.2 Å². The van der Waals surface area contributed by atoms with Gasteiger partial charge < -0.3 is 4.57 Å². The Bertz CT molecular complexity index is 748. The minimum atomic E-state index is 0.638. The van der Waals surface area contributed by atoms with Crippen LogP contribution in [0.25, 0.3) is 22.2 Å². The normalized spacial score (nSPS) is 10.4. The summed E-state index contributed by atoms with van der Waals surface area (Å²) in [6, 6.07) is 16.2. The number of imidazole rings is 1. The van der Waals surface area contributed by atoms with Gasteiger partial charge in [0.05, 0.1) is 17.4 Å². The second-order valence-corrected chi connectivity index (χ2v) is 4.19. The van der Waals surface area contributed by atoms with Crippen LogP contribution in [-0.2, 0) is 7.05 Å². The molecule has 1 aromatic heterocycles. The number of nitrogens with zero attached hydrogens (tertiary/aromatic N) is 3. The highest BCUT2D eigenvalue weighted by Crippen LogP contribution is 2.28. The zero-order valence-corrected chi connectivity index (χ0v) is 9.96. The van der Waals surface area contributed by atoms with E-state index in [1.165, 1.54) is 0 Å². The molecule has 1 heterocycles. The van der Waals surface area contributed by atoms with Gasteiger partial charge >= 0.3 is 0 Å². The number of aromatic nitrogens is 2. The van der Waals surface area contributed by atoms with Crippen molar-refractivity contribution in [1.82, 2.24) is 9.55 Å². The molecule has 0 bridgehead atoms. The third-order valence-electron chi connectivity index (χ3n) is 3.09. The van der Waals surface area contributed by atoms with Crippen LogP contribution in [0.4, 0.5) is 0 Å². The third kappa shape index (κ3) is 1.47. The Labute approximate surface area is 105 Å². The molecule has 86 valence electrons. The largest absolute Gasteiger partial charge is 0.334 e. The molecule has 0 aliphatic carbocycles. The quantitative estimate of drug-likeness (QED) is 0.648. The molecule has 3 heteroatoms. The molecule has 0 saturated carbocycles. The van der Waals surface area contributed by atoms with Gasteiger partial charge in [0.2, 0.25) is 0 Å². The second kappa shape index (κ2) is 4.01. The average molecular weight is 233 g/mol. The van der Waals surface area contributed by atoms with Gasteiger partial charge in [0.15, 0.2) is 0 Å². The fourth-order valence-electron chi connectivity index (χ4n) is 2.17. The first kappa shape index (κ1) is 10.5. The van der Waals surface area contributed by atoms with Gasteiger partial charge in [-0.15, -0.1) is 0 Å². The molecule has 18 heavy (non-hydrogen) atoms. The first-order valence-electron chi connectivity index (χ1n) is 5.71. The van der Waals surface area contributed by atoms with Crippen molar-refractivity contribution in [2.75, 3.05) is 0 Å². The Hall–Kier alpha value is -2.60. The summed E-state index contributed by atoms with van der Waals surface area (Å²) < 4.78 is 1.92. The Kier molecular flexibility index (Phi) is 2.35. The number of fused-ring (bicyclic) bond motifs is 1. The Morgan fingerprint density at radius 1 is 1.11 bits per heavy atom. The average Bonchev–Trinajstić information content (AvgIpc) is 2.80. The summed E-state index contributed by atoms with van der Waals surface area (Å²) in [7, 11) is 1.93. The summed E-state index contributed by atoms with van der Waals surface area (Å²) >= 11 is 0. The summed E-state index contributed by atoms with van der Waals surface area (Å²) in [4.78, 5) is 4.32. The highest BCUT2D eigenvalue weighted by atomic mass is 15.0. The fourth-order valence-corrected chi connectivity index (χ4v) is 2.17. The van der Waals surface area contributed by atoms with Gasteiger partial charge in [-0.2, -0.15) is 5.26 Å². The number of hydrogen-bond donors (Lipinski definition) is 0. The second-order valence-electron chi connectivity index (χ2n) is 4.19. The van der Waals surface area contributed by atoms with Crippen molar-refractivity contribution in [3.63, 3.8) is 0 Å². The van der Waals surface area contributed by atoms with Crippen molar-refractivity contribution in [3.8, 4) is 17.2 Å². The monoisotopic (exact) mass is 233 g/mol. The molecule has 3 rings (SSSR count). The highest BCUT2D eigenvalue weighted by molar-refractivity contribution is 5.90. The Balaban J connectivity index is 2.35. The predicted octanol–water partition coefficient (Wildman–Crippen LogP) is 3.11. The van der Waals surface area contributed by atoms with Crippen LogP contribution in [0.15, 0.2) is 48.8 Å². The molecule has 3 aromatic rings. The summed E-state index contributed by atoms with van der Waals surface area (Å²) in [5.74, 6) is 0. The minimum Gasteiger partial charge on any atom is -0.334 e. The van der Waals surface area contributed by atoms with Gasteiger partial charge in [0.1, 0.15) is 11.6 Å². The SMILES string of the molecule is Cn1cnc2c(C#N)c(-c3ccccc3)ccc21.